The lowest BCUT2D eigenvalue weighted by atomic mass is 9.69. The van der Waals surface area contributed by atoms with Crippen LogP contribution in [0.1, 0.15) is 158 Å². The van der Waals surface area contributed by atoms with Gasteiger partial charge in [-0.05, 0) is 101 Å². The van der Waals surface area contributed by atoms with Gasteiger partial charge in [0.15, 0.2) is 0 Å². The molecular weight excluding hydrogens is 374 g/mol. The highest BCUT2D eigenvalue weighted by atomic mass is 15.1. The van der Waals surface area contributed by atoms with Crippen molar-refractivity contribution in [2.75, 3.05) is 13.1 Å². The Balaban J connectivity index is 0.000000270. The minimum atomic E-state index is 0.753. The zero-order valence-electron chi connectivity index (χ0n) is 23.0. The summed E-state index contributed by atoms with van der Waals surface area (Å²) in [6.07, 6.45) is 25.3. The summed E-state index contributed by atoms with van der Waals surface area (Å²) in [4.78, 5) is 2.68. The van der Waals surface area contributed by atoms with Gasteiger partial charge >= 0.3 is 0 Å². The Labute approximate surface area is 198 Å². The Morgan fingerprint density at radius 2 is 1.16 bits per heavy atom. The molecule has 0 radical (unpaired) electrons. The van der Waals surface area contributed by atoms with E-state index in [1.54, 1.807) is 0 Å². The first-order chi connectivity index (χ1) is 14.8. The molecule has 0 unspecified atom stereocenters. The van der Waals surface area contributed by atoms with E-state index in [1.807, 2.05) is 0 Å². The van der Waals surface area contributed by atoms with Crippen molar-refractivity contribution in [2.45, 2.75) is 164 Å². The van der Waals surface area contributed by atoms with Crippen LogP contribution in [-0.2, 0) is 0 Å². The van der Waals surface area contributed by atoms with Crippen LogP contribution in [0.4, 0.5) is 0 Å². The maximum absolute atomic E-state index is 2.68. The number of likely N-dealkylation sites (tertiary alicyclic amines) is 1. The lowest BCUT2D eigenvalue weighted by molar-refractivity contribution is 0.152. The molecule has 0 atom stereocenters. The second-order valence-corrected chi connectivity index (χ2v) is 12.3. The molecule has 0 aromatic rings. The van der Waals surface area contributed by atoms with Crippen LogP contribution >= 0.6 is 0 Å². The summed E-state index contributed by atoms with van der Waals surface area (Å²) in [6, 6.07) is 0.753. The molecule has 2 aliphatic carbocycles. The van der Waals surface area contributed by atoms with Crippen molar-refractivity contribution in [1.29, 1.82) is 0 Å². The maximum atomic E-state index is 2.68. The smallest absolute Gasteiger partial charge is 0.00385 e. The summed E-state index contributed by atoms with van der Waals surface area (Å²) < 4.78 is 0. The second-order valence-electron chi connectivity index (χ2n) is 12.3. The number of rotatable bonds is 6. The lowest BCUT2D eigenvalue weighted by Crippen LogP contribution is -2.33. The fourth-order valence-corrected chi connectivity index (χ4v) is 6.43. The highest BCUT2D eigenvalue weighted by Gasteiger charge is 2.34. The summed E-state index contributed by atoms with van der Waals surface area (Å²) in [5.74, 6) is 0.833. The van der Waals surface area contributed by atoms with E-state index in [-0.39, 0.29) is 0 Å². The SMILES string of the molecule is CC(C)C.CC(C)N1CCCC2(CCCCC2)CC1.CCCCC1(CCC)CCCC1. The highest BCUT2D eigenvalue weighted by molar-refractivity contribution is 4.87. The number of hydrogen-bond acceptors (Lipinski definition) is 1. The van der Waals surface area contributed by atoms with Crippen molar-refractivity contribution in [1.82, 2.24) is 4.90 Å². The quantitative estimate of drug-likeness (QED) is 0.401. The van der Waals surface area contributed by atoms with Crippen molar-refractivity contribution >= 4 is 0 Å². The van der Waals surface area contributed by atoms with Crippen LogP contribution in [0.25, 0.3) is 0 Å². The summed E-state index contributed by atoms with van der Waals surface area (Å²) in [7, 11) is 0. The van der Waals surface area contributed by atoms with Gasteiger partial charge in [0.1, 0.15) is 0 Å². The molecule has 31 heavy (non-hydrogen) atoms. The van der Waals surface area contributed by atoms with Crippen molar-refractivity contribution in [3.63, 3.8) is 0 Å². The Morgan fingerprint density at radius 1 is 0.613 bits per heavy atom. The molecule has 0 bridgehead atoms. The third-order valence-electron chi connectivity index (χ3n) is 8.23. The summed E-state index contributed by atoms with van der Waals surface area (Å²) >= 11 is 0. The molecule has 1 heteroatoms. The van der Waals surface area contributed by atoms with Crippen molar-refractivity contribution in [3.05, 3.63) is 0 Å². The van der Waals surface area contributed by atoms with Crippen LogP contribution in [0.2, 0.25) is 0 Å². The normalized spacial score (nSPS) is 23.1. The first kappa shape index (κ1) is 29.0. The molecule has 2 saturated carbocycles. The fraction of sp³-hybridized carbons (Fsp3) is 1.00. The van der Waals surface area contributed by atoms with Crippen LogP contribution in [0.3, 0.4) is 0 Å². The van der Waals surface area contributed by atoms with Crippen LogP contribution in [0, 0.1) is 16.7 Å². The van der Waals surface area contributed by atoms with Gasteiger partial charge in [-0.25, -0.2) is 0 Å². The van der Waals surface area contributed by atoms with Gasteiger partial charge < -0.3 is 4.90 Å². The summed E-state index contributed by atoms with van der Waals surface area (Å²) in [5, 5.41) is 0. The molecule has 1 spiro atoms. The van der Waals surface area contributed by atoms with Gasteiger partial charge in [-0.1, -0.05) is 86.0 Å². The Morgan fingerprint density at radius 3 is 1.68 bits per heavy atom. The van der Waals surface area contributed by atoms with Gasteiger partial charge in [0.2, 0.25) is 0 Å². The second kappa shape index (κ2) is 15.7. The van der Waals surface area contributed by atoms with E-state index >= 15 is 0 Å². The maximum Gasteiger partial charge on any atom is 0.00385 e. The van der Waals surface area contributed by atoms with E-state index in [4.69, 9.17) is 0 Å². The minimum absolute atomic E-state index is 0.753. The van der Waals surface area contributed by atoms with Gasteiger partial charge in [-0.2, -0.15) is 0 Å². The molecule has 1 heterocycles. The van der Waals surface area contributed by atoms with Gasteiger partial charge in [0, 0.05) is 6.04 Å². The molecule has 1 saturated heterocycles. The molecule has 186 valence electrons. The van der Waals surface area contributed by atoms with E-state index in [2.05, 4.69) is 53.4 Å². The topological polar surface area (TPSA) is 3.24 Å². The van der Waals surface area contributed by atoms with Crippen LogP contribution in [0.5, 0.6) is 0 Å². The van der Waals surface area contributed by atoms with E-state index in [0.717, 1.165) is 22.8 Å². The van der Waals surface area contributed by atoms with Gasteiger partial charge in [0.25, 0.3) is 0 Å². The third kappa shape index (κ3) is 11.6. The minimum Gasteiger partial charge on any atom is -0.301 e. The predicted molar refractivity (Wildman–Crippen MR) is 142 cm³/mol. The molecule has 3 rings (SSSR count). The van der Waals surface area contributed by atoms with E-state index in [1.165, 1.54) is 122 Å². The Hall–Kier alpha value is -0.0400. The monoisotopic (exact) mass is 435 g/mol. The van der Waals surface area contributed by atoms with E-state index in [0.29, 0.717) is 0 Å². The molecule has 0 amide bonds. The molecule has 0 aromatic heterocycles. The molecule has 0 N–H and O–H groups in total. The number of nitrogens with zero attached hydrogens (tertiary/aromatic N) is 1. The zero-order chi connectivity index (χ0) is 23.2. The summed E-state index contributed by atoms with van der Waals surface area (Å²) in [6.45, 7) is 18.6. The Bertz CT molecular complexity index is 409. The molecular formula is C30H61N. The highest BCUT2D eigenvalue weighted by Crippen LogP contribution is 2.46. The van der Waals surface area contributed by atoms with Gasteiger partial charge in [0.05, 0.1) is 0 Å². The number of unbranched alkanes of at least 4 members (excludes halogenated alkanes) is 1. The molecule has 0 aromatic carbocycles. The van der Waals surface area contributed by atoms with Crippen LogP contribution < -0.4 is 0 Å². The van der Waals surface area contributed by atoms with Crippen molar-refractivity contribution < 1.29 is 0 Å². The standard InChI is InChI=1S/C14H27N.C12H24.C4H10/c1-13(2)15-11-6-9-14(10-12-15)7-4-3-5-8-14;1-3-5-9-12(8-4-2)10-6-7-11-12;1-4(2)3/h13H,3-12H2,1-2H3;3-11H2,1-2H3;4H,1-3H3. The molecule has 3 aliphatic rings. The lowest BCUT2D eigenvalue weighted by Gasteiger charge is -2.36. The predicted octanol–water partition coefficient (Wildman–Crippen LogP) is 10.0. The van der Waals surface area contributed by atoms with Crippen molar-refractivity contribution in [2.24, 2.45) is 16.7 Å². The molecule has 3 fully saturated rings. The zero-order valence-corrected chi connectivity index (χ0v) is 23.0. The molecule has 1 nitrogen and oxygen atoms in total. The summed E-state index contributed by atoms with van der Waals surface area (Å²) in [5.41, 5.74) is 1.56. The van der Waals surface area contributed by atoms with Crippen molar-refractivity contribution in [3.8, 4) is 0 Å². The van der Waals surface area contributed by atoms with E-state index < -0.39 is 0 Å². The molecule has 1 aliphatic heterocycles. The average molecular weight is 436 g/mol. The fourth-order valence-electron chi connectivity index (χ4n) is 6.43. The van der Waals surface area contributed by atoms with Crippen LogP contribution in [0.15, 0.2) is 0 Å². The Kier molecular flexibility index (Phi) is 14.7. The average Bonchev–Trinajstić information content (AvgIpc) is 3.09. The van der Waals surface area contributed by atoms with Gasteiger partial charge in [-0.15, -0.1) is 0 Å². The largest absolute Gasteiger partial charge is 0.301 e. The first-order valence-electron chi connectivity index (χ1n) is 14.5. The third-order valence-corrected chi connectivity index (χ3v) is 8.23. The van der Waals surface area contributed by atoms with Crippen LogP contribution in [-0.4, -0.2) is 24.0 Å². The first-order valence-corrected chi connectivity index (χ1v) is 14.5. The van der Waals surface area contributed by atoms with E-state index in [9.17, 15) is 0 Å². The van der Waals surface area contributed by atoms with Gasteiger partial charge in [-0.3, -0.25) is 0 Å². The number of hydrogen-bond donors (Lipinski definition) is 0.